The molecule has 0 aromatic heterocycles. The Morgan fingerprint density at radius 2 is 1.62 bits per heavy atom. The second-order valence-corrected chi connectivity index (χ2v) is 5.30. The van der Waals surface area contributed by atoms with Crippen molar-refractivity contribution in [3.63, 3.8) is 0 Å². The van der Waals surface area contributed by atoms with Gasteiger partial charge in [-0.1, -0.05) is 36.5 Å². The van der Waals surface area contributed by atoms with Crippen LogP contribution in [-0.2, 0) is 0 Å². The molecule has 2 aromatic rings. The molecule has 3 rings (SSSR count). The van der Waals surface area contributed by atoms with Crippen LogP contribution >= 0.6 is 12.2 Å². The van der Waals surface area contributed by atoms with Crippen molar-refractivity contribution in [1.29, 1.82) is 0 Å². The minimum absolute atomic E-state index is 0.229. The second kappa shape index (κ2) is 4.79. The average molecular weight is 296 g/mol. The first-order chi connectivity index (χ1) is 10.0. The molecular formula is C16H12N2O2S. The number of rotatable bonds is 2. The van der Waals surface area contributed by atoms with Gasteiger partial charge in [-0.25, -0.2) is 4.90 Å². The van der Waals surface area contributed by atoms with Gasteiger partial charge in [-0.3, -0.25) is 9.59 Å². The van der Waals surface area contributed by atoms with Crippen LogP contribution in [0, 0.1) is 6.92 Å². The third-order valence-corrected chi connectivity index (χ3v) is 3.76. The van der Waals surface area contributed by atoms with Crippen molar-refractivity contribution in [3.05, 3.63) is 64.7 Å². The van der Waals surface area contributed by atoms with Gasteiger partial charge in [0.25, 0.3) is 11.8 Å². The maximum Gasteiger partial charge on any atom is 0.266 e. The third-order valence-electron chi connectivity index (χ3n) is 3.53. The van der Waals surface area contributed by atoms with Crippen LogP contribution in [-0.4, -0.2) is 16.8 Å². The number of hydrogen-bond acceptors (Lipinski definition) is 3. The number of benzene rings is 2. The van der Waals surface area contributed by atoms with Crippen LogP contribution < -0.4 is 10.6 Å². The number of anilines is 1. The minimum Gasteiger partial charge on any atom is -0.389 e. The smallest absolute Gasteiger partial charge is 0.266 e. The molecule has 0 spiro atoms. The summed E-state index contributed by atoms with van der Waals surface area (Å²) in [6.45, 7) is 1.84. The van der Waals surface area contributed by atoms with E-state index in [2.05, 4.69) is 0 Å². The summed E-state index contributed by atoms with van der Waals surface area (Å²) in [5, 5.41) is 0. The van der Waals surface area contributed by atoms with Crippen LogP contribution in [0.5, 0.6) is 0 Å². The van der Waals surface area contributed by atoms with Crippen molar-refractivity contribution in [1.82, 2.24) is 0 Å². The van der Waals surface area contributed by atoms with Crippen LogP contribution in [0.3, 0.4) is 0 Å². The first-order valence-electron chi connectivity index (χ1n) is 6.39. The monoisotopic (exact) mass is 296 g/mol. The SMILES string of the molecule is Cc1ccc(C(N)=S)cc1N1C(=O)c2ccccc2C1=O. The Hall–Kier alpha value is -2.53. The number of hydrogen-bond donors (Lipinski definition) is 1. The first-order valence-corrected chi connectivity index (χ1v) is 6.80. The number of carbonyl (C=O) groups excluding carboxylic acids is 2. The average Bonchev–Trinajstić information content (AvgIpc) is 2.72. The molecule has 1 aliphatic heterocycles. The summed E-state index contributed by atoms with van der Waals surface area (Å²) in [6.07, 6.45) is 0. The van der Waals surface area contributed by atoms with E-state index in [4.69, 9.17) is 18.0 Å². The van der Waals surface area contributed by atoms with Gasteiger partial charge in [-0.15, -0.1) is 0 Å². The van der Waals surface area contributed by atoms with Gasteiger partial charge in [0.1, 0.15) is 4.99 Å². The Morgan fingerprint density at radius 1 is 1.05 bits per heavy atom. The normalized spacial score (nSPS) is 13.5. The lowest BCUT2D eigenvalue weighted by molar-refractivity contribution is 0.0926. The molecule has 4 nitrogen and oxygen atoms in total. The maximum absolute atomic E-state index is 12.5. The molecule has 104 valence electrons. The molecule has 0 radical (unpaired) electrons. The number of aryl methyl sites for hydroxylation is 1. The maximum atomic E-state index is 12.5. The lowest BCUT2D eigenvalue weighted by atomic mass is 10.1. The zero-order valence-electron chi connectivity index (χ0n) is 11.3. The number of imide groups is 1. The molecule has 5 heteroatoms. The number of nitrogens with two attached hydrogens (primary N) is 1. The Kier molecular flexibility index (Phi) is 3.07. The fourth-order valence-electron chi connectivity index (χ4n) is 2.41. The van der Waals surface area contributed by atoms with Crippen molar-refractivity contribution in [2.45, 2.75) is 6.92 Å². The van der Waals surface area contributed by atoms with E-state index < -0.39 is 0 Å². The standard InChI is InChI=1S/C16H12N2O2S/c1-9-6-7-10(14(17)21)8-13(9)18-15(19)11-4-2-3-5-12(11)16(18)20/h2-8H,1H3,(H2,17,21). The Bertz CT molecular complexity index is 764. The molecule has 21 heavy (non-hydrogen) atoms. The van der Waals surface area contributed by atoms with E-state index >= 15 is 0 Å². The summed E-state index contributed by atoms with van der Waals surface area (Å²) in [6, 6.07) is 12.0. The van der Waals surface area contributed by atoms with Gasteiger partial charge in [0.05, 0.1) is 16.8 Å². The number of amides is 2. The highest BCUT2D eigenvalue weighted by molar-refractivity contribution is 7.80. The summed E-state index contributed by atoms with van der Waals surface area (Å²) < 4.78 is 0. The van der Waals surface area contributed by atoms with Crippen molar-refractivity contribution in [2.75, 3.05) is 4.90 Å². The van der Waals surface area contributed by atoms with E-state index in [9.17, 15) is 9.59 Å². The summed E-state index contributed by atoms with van der Waals surface area (Å²) in [7, 11) is 0. The largest absolute Gasteiger partial charge is 0.389 e. The molecule has 2 N–H and O–H groups in total. The molecule has 0 aliphatic carbocycles. The van der Waals surface area contributed by atoms with Gasteiger partial charge < -0.3 is 5.73 Å². The van der Waals surface area contributed by atoms with Crippen molar-refractivity contribution >= 4 is 34.7 Å². The highest BCUT2D eigenvalue weighted by atomic mass is 32.1. The summed E-state index contributed by atoms with van der Waals surface area (Å²) in [5.74, 6) is -0.641. The second-order valence-electron chi connectivity index (χ2n) is 4.86. The molecule has 0 bridgehead atoms. The quantitative estimate of drug-likeness (QED) is 0.683. The van der Waals surface area contributed by atoms with E-state index in [0.717, 1.165) is 5.56 Å². The predicted octanol–water partition coefficient (Wildman–Crippen LogP) is 2.43. The number of nitrogens with zero attached hydrogens (tertiary/aromatic N) is 1. The molecule has 0 saturated heterocycles. The van der Waals surface area contributed by atoms with Gasteiger partial charge in [0.2, 0.25) is 0 Å². The molecule has 1 heterocycles. The number of carbonyl (C=O) groups is 2. The first kappa shape index (κ1) is 13.5. The topological polar surface area (TPSA) is 63.4 Å². The highest BCUT2D eigenvalue weighted by Gasteiger charge is 2.36. The predicted molar refractivity (Wildman–Crippen MR) is 84.6 cm³/mol. The van der Waals surface area contributed by atoms with E-state index in [1.165, 1.54) is 4.90 Å². The molecule has 0 unspecified atom stereocenters. The van der Waals surface area contributed by atoms with Gasteiger partial charge >= 0.3 is 0 Å². The molecule has 2 amide bonds. The highest BCUT2D eigenvalue weighted by Crippen LogP contribution is 2.31. The van der Waals surface area contributed by atoms with Crippen molar-refractivity contribution in [2.24, 2.45) is 5.73 Å². The third kappa shape index (κ3) is 2.02. The van der Waals surface area contributed by atoms with Gasteiger partial charge in [0, 0.05) is 5.56 Å². The van der Waals surface area contributed by atoms with Gasteiger partial charge in [0.15, 0.2) is 0 Å². The van der Waals surface area contributed by atoms with Crippen molar-refractivity contribution in [3.8, 4) is 0 Å². The molecule has 0 atom stereocenters. The molecular weight excluding hydrogens is 284 g/mol. The zero-order chi connectivity index (χ0) is 15.1. The summed E-state index contributed by atoms with van der Waals surface area (Å²) >= 11 is 4.96. The van der Waals surface area contributed by atoms with E-state index in [1.807, 2.05) is 6.92 Å². The molecule has 0 fully saturated rings. The Labute approximate surface area is 127 Å². The Balaban J connectivity index is 2.15. The molecule has 1 aliphatic rings. The van der Waals surface area contributed by atoms with Crippen LogP contribution in [0.2, 0.25) is 0 Å². The van der Waals surface area contributed by atoms with Crippen LogP contribution in [0.1, 0.15) is 31.8 Å². The zero-order valence-corrected chi connectivity index (χ0v) is 12.1. The molecule has 0 saturated carbocycles. The Morgan fingerprint density at radius 3 is 2.14 bits per heavy atom. The lowest BCUT2D eigenvalue weighted by Crippen LogP contribution is -2.30. The van der Waals surface area contributed by atoms with Gasteiger partial charge in [-0.2, -0.15) is 0 Å². The van der Waals surface area contributed by atoms with E-state index in [1.54, 1.807) is 42.5 Å². The van der Waals surface area contributed by atoms with Crippen LogP contribution in [0.4, 0.5) is 5.69 Å². The number of fused-ring (bicyclic) bond motifs is 1. The van der Waals surface area contributed by atoms with Crippen LogP contribution in [0.15, 0.2) is 42.5 Å². The lowest BCUT2D eigenvalue weighted by Gasteiger charge is -2.17. The van der Waals surface area contributed by atoms with Crippen molar-refractivity contribution < 1.29 is 9.59 Å². The van der Waals surface area contributed by atoms with E-state index in [-0.39, 0.29) is 16.8 Å². The number of thiocarbonyl (C=S) groups is 1. The fourth-order valence-corrected chi connectivity index (χ4v) is 2.54. The minimum atomic E-state index is -0.321. The summed E-state index contributed by atoms with van der Waals surface area (Å²) in [4.78, 5) is 26.4. The molecule has 2 aromatic carbocycles. The van der Waals surface area contributed by atoms with E-state index in [0.29, 0.717) is 22.4 Å². The van der Waals surface area contributed by atoms with Crippen LogP contribution in [0.25, 0.3) is 0 Å². The van der Waals surface area contributed by atoms with Gasteiger partial charge in [-0.05, 0) is 30.7 Å². The summed E-state index contributed by atoms with van der Waals surface area (Å²) in [5.41, 5.74) is 8.42. The fraction of sp³-hybridized carbons (Fsp3) is 0.0625.